The quantitative estimate of drug-likeness (QED) is 0.802. The van der Waals surface area contributed by atoms with Crippen LogP contribution >= 0.6 is 15.9 Å². The summed E-state index contributed by atoms with van der Waals surface area (Å²) < 4.78 is 5.26. The van der Waals surface area contributed by atoms with E-state index in [1.54, 1.807) is 13.2 Å². The lowest BCUT2D eigenvalue weighted by Crippen LogP contribution is -2.10. The highest BCUT2D eigenvalue weighted by atomic mass is 79.9. The molecule has 0 saturated heterocycles. The zero-order chi connectivity index (χ0) is 14.4. The SMILES string of the molecule is COc1cccc(CC(CBr)Cc2cccc(O)c2)c1. The van der Waals surface area contributed by atoms with E-state index in [9.17, 15) is 5.11 Å². The Morgan fingerprint density at radius 2 is 1.70 bits per heavy atom. The molecular formula is C17H19BrO2. The van der Waals surface area contributed by atoms with Gasteiger partial charge >= 0.3 is 0 Å². The Bertz CT molecular complexity index is 554. The van der Waals surface area contributed by atoms with Crippen LogP contribution in [-0.2, 0) is 12.8 Å². The van der Waals surface area contributed by atoms with Crippen molar-refractivity contribution >= 4 is 15.9 Å². The average Bonchev–Trinajstić information content (AvgIpc) is 2.47. The first-order chi connectivity index (χ1) is 9.71. The maximum absolute atomic E-state index is 9.53. The van der Waals surface area contributed by atoms with Gasteiger partial charge in [-0.05, 0) is 54.2 Å². The van der Waals surface area contributed by atoms with Crippen LogP contribution in [0.15, 0.2) is 48.5 Å². The average molecular weight is 335 g/mol. The van der Waals surface area contributed by atoms with Gasteiger partial charge in [0.25, 0.3) is 0 Å². The Labute approximate surface area is 128 Å². The Hall–Kier alpha value is -1.48. The van der Waals surface area contributed by atoms with E-state index in [4.69, 9.17) is 4.74 Å². The summed E-state index contributed by atoms with van der Waals surface area (Å²) in [6.45, 7) is 0. The van der Waals surface area contributed by atoms with Crippen molar-refractivity contribution in [3.8, 4) is 11.5 Å². The molecule has 0 aromatic heterocycles. The van der Waals surface area contributed by atoms with E-state index in [2.05, 4.69) is 34.1 Å². The van der Waals surface area contributed by atoms with Crippen molar-refractivity contribution in [3.63, 3.8) is 0 Å². The molecule has 0 saturated carbocycles. The Balaban J connectivity index is 2.05. The molecular weight excluding hydrogens is 316 g/mol. The van der Waals surface area contributed by atoms with Crippen molar-refractivity contribution in [3.05, 3.63) is 59.7 Å². The first-order valence-corrected chi connectivity index (χ1v) is 7.80. The highest BCUT2D eigenvalue weighted by Gasteiger charge is 2.10. The molecule has 0 fully saturated rings. The molecule has 1 N–H and O–H groups in total. The van der Waals surface area contributed by atoms with Crippen LogP contribution in [0.25, 0.3) is 0 Å². The third-order valence-electron chi connectivity index (χ3n) is 3.31. The molecule has 0 radical (unpaired) electrons. The summed E-state index contributed by atoms with van der Waals surface area (Å²) in [6, 6.07) is 15.7. The molecule has 0 aliphatic rings. The summed E-state index contributed by atoms with van der Waals surface area (Å²) in [5.41, 5.74) is 2.44. The number of aromatic hydroxyl groups is 1. The van der Waals surface area contributed by atoms with Crippen molar-refractivity contribution in [2.45, 2.75) is 12.8 Å². The first kappa shape index (κ1) is 14.9. The molecule has 0 amide bonds. The summed E-state index contributed by atoms with van der Waals surface area (Å²) in [6.07, 6.45) is 1.93. The van der Waals surface area contributed by atoms with Gasteiger partial charge in [-0.1, -0.05) is 40.2 Å². The van der Waals surface area contributed by atoms with E-state index in [1.807, 2.05) is 24.3 Å². The van der Waals surface area contributed by atoms with Crippen molar-refractivity contribution in [1.29, 1.82) is 0 Å². The highest BCUT2D eigenvalue weighted by molar-refractivity contribution is 9.09. The van der Waals surface area contributed by atoms with Crippen molar-refractivity contribution in [2.75, 3.05) is 12.4 Å². The third-order valence-corrected chi connectivity index (χ3v) is 4.23. The normalized spacial score (nSPS) is 12.1. The van der Waals surface area contributed by atoms with E-state index in [0.29, 0.717) is 11.7 Å². The van der Waals surface area contributed by atoms with Crippen molar-refractivity contribution < 1.29 is 9.84 Å². The number of hydrogen-bond donors (Lipinski definition) is 1. The summed E-state index contributed by atoms with van der Waals surface area (Å²) in [4.78, 5) is 0. The van der Waals surface area contributed by atoms with Gasteiger partial charge in [-0.25, -0.2) is 0 Å². The fourth-order valence-corrected chi connectivity index (χ4v) is 2.79. The molecule has 106 valence electrons. The van der Waals surface area contributed by atoms with Gasteiger partial charge in [-0.2, -0.15) is 0 Å². The van der Waals surface area contributed by atoms with Crippen LogP contribution < -0.4 is 4.74 Å². The Kier molecular flexibility index (Phi) is 5.48. The largest absolute Gasteiger partial charge is 0.508 e. The number of hydrogen-bond acceptors (Lipinski definition) is 2. The molecule has 1 atom stereocenters. The fourth-order valence-electron chi connectivity index (χ4n) is 2.33. The Morgan fingerprint density at radius 1 is 1.05 bits per heavy atom. The highest BCUT2D eigenvalue weighted by Crippen LogP contribution is 2.21. The second-order valence-corrected chi connectivity index (χ2v) is 5.60. The molecule has 2 aromatic carbocycles. The second kappa shape index (κ2) is 7.34. The number of rotatable bonds is 6. The number of benzene rings is 2. The van der Waals surface area contributed by atoms with E-state index >= 15 is 0 Å². The van der Waals surface area contributed by atoms with Gasteiger partial charge < -0.3 is 9.84 Å². The topological polar surface area (TPSA) is 29.5 Å². The van der Waals surface area contributed by atoms with Crippen LogP contribution in [0, 0.1) is 5.92 Å². The monoisotopic (exact) mass is 334 g/mol. The van der Waals surface area contributed by atoms with Crippen LogP contribution in [0.1, 0.15) is 11.1 Å². The van der Waals surface area contributed by atoms with Gasteiger partial charge in [0.05, 0.1) is 7.11 Å². The molecule has 2 rings (SSSR count). The van der Waals surface area contributed by atoms with E-state index in [-0.39, 0.29) is 0 Å². The van der Waals surface area contributed by atoms with E-state index in [0.717, 1.165) is 29.5 Å². The molecule has 0 spiro atoms. The van der Waals surface area contributed by atoms with Gasteiger partial charge in [0, 0.05) is 5.33 Å². The van der Waals surface area contributed by atoms with Gasteiger partial charge in [-0.3, -0.25) is 0 Å². The molecule has 0 aliphatic carbocycles. The minimum atomic E-state index is 0.331. The third kappa shape index (κ3) is 4.27. The second-order valence-electron chi connectivity index (χ2n) is 4.95. The molecule has 3 heteroatoms. The van der Waals surface area contributed by atoms with Crippen molar-refractivity contribution in [2.24, 2.45) is 5.92 Å². The van der Waals surface area contributed by atoms with Crippen LogP contribution in [0.5, 0.6) is 11.5 Å². The molecule has 0 bridgehead atoms. The zero-order valence-corrected chi connectivity index (χ0v) is 13.1. The van der Waals surface area contributed by atoms with Crippen LogP contribution in [0.4, 0.5) is 0 Å². The predicted molar refractivity (Wildman–Crippen MR) is 85.8 cm³/mol. The molecule has 20 heavy (non-hydrogen) atoms. The van der Waals surface area contributed by atoms with Crippen molar-refractivity contribution in [1.82, 2.24) is 0 Å². The molecule has 0 heterocycles. The minimum Gasteiger partial charge on any atom is -0.508 e. The van der Waals surface area contributed by atoms with Gasteiger partial charge in [0.2, 0.25) is 0 Å². The lowest BCUT2D eigenvalue weighted by molar-refractivity contribution is 0.414. The van der Waals surface area contributed by atoms with E-state index < -0.39 is 0 Å². The van der Waals surface area contributed by atoms with Crippen LogP contribution in [0.3, 0.4) is 0 Å². The van der Waals surface area contributed by atoms with Crippen LogP contribution in [-0.4, -0.2) is 17.5 Å². The number of phenols is 1. The van der Waals surface area contributed by atoms with Gasteiger partial charge in [0.1, 0.15) is 11.5 Å². The zero-order valence-electron chi connectivity index (χ0n) is 11.6. The predicted octanol–water partition coefficient (Wildman–Crippen LogP) is 4.20. The molecule has 1 unspecified atom stereocenters. The maximum Gasteiger partial charge on any atom is 0.119 e. The summed E-state index contributed by atoms with van der Waals surface area (Å²) in [7, 11) is 1.69. The Morgan fingerprint density at radius 3 is 2.30 bits per heavy atom. The molecule has 2 aromatic rings. The standard InChI is InChI=1S/C17H19BrO2/c1-20-17-7-3-5-14(11-17)9-15(12-18)8-13-4-2-6-16(19)10-13/h2-7,10-11,15,19H,8-9,12H2,1H3. The lowest BCUT2D eigenvalue weighted by atomic mass is 9.94. The number of methoxy groups -OCH3 is 1. The minimum absolute atomic E-state index is 0.331. The van der Waals surface area contributed by atoms with Gasteiger partial charge in [0.15, 0.2) is 0 Å². The number of phenolic OH excluding ortho intramolecular Hbond substituents is 1. The molecule has 0 aliphatic heterocycles. The van der Waals surface area contributed by atoms with Crippen LogP contribution in [0.2, 0.25) is 0 Å². The number of ether oxygens (including phenoxy) is 1. The maximum atomic E-state index is 9.53. The summed E-state index contributed by atoms with van der Waals surface area (Å²) in [5, 5.41) is 10.5. The smallest absolute Gasteiger partial charge is 0.119 e. The number of alkyl halides is 1. The van der Waals surface area contributed by atoms with Gasteiger partial charge in [-0.15, -0.1) is 0 Å². The fraction of sp³-hybridized carbons (Fsp3) is 0.294. The summed E-state index contributed by atoms with van der Waals surface area (Å²) in [5.74, 6) is 1.72. The lowest BCUT2D eigenvalue weighted by Gasteiger charge is -2.15. The number of halogens is 1. The summed E-state index contributed by atoms with van der Waals surface area (Å²) >= 11 is 3.59. The van der Waals surface area contributed by atoms with E-state index in [1.165, 1.54) is 5.56 Å². The first-order valence-electron chi connectivity index (χ1n) is 6.68. The molecule has 2 nitrogen and oxygen atoms in total.